The topological polar surface area (TPSA) is 55.2 Å². The number of hydrogen-bond donors (Lipinski definition) is 0. The molecule has 0 aliphatic heterocycles. The van der Waals surface area contributed by atoms with E-state index < -0.39 is 10.0 Å². The molecule has 1 atom stereocenters. The van der Waals surface area contributed by atoms with Gasteiger partial charge in [-0.2, -0.15) is 9.40 Å². The SMILES string of the molecule is Cc1nn(C(C)C)c(C)c1S(=O)(=O)N(C)C(c1ccccc1)C(C)C. The van der Waals surface area contributed by atoms with Crippen molar-refractivity contribution in [2.75, 3.05) is 7.05 Å². The highest BCUT2D eigenvalue weighted by molar-refractivity contribution is 7.89. The summed E-state index contributed by atoms with van der Waals surface area (Å²) in [7, 11) is -1.99. The molecule has 1 heterocycles. The van der Waals surface area contributed by atoms with Gasteiger partial charge in [0.2, 0.25) is 10.0 Å². The molecular weight excluding hydrogens is 334 g/mol. The fourth-order valence-electron chi connectivity index (χ4n) is 3.48. The van der Waals surface area contributed by atoms with Crippen molar-refractivity contribution in [3.8, 4) is 0 Å². The first-order chi connectivity index (χ1) is 11.6. The molecule has 1 unspecified atom stereocenters. The third-order valence-electron chi connectivity index (χ3n) is 4.55. The van der Waals surface area contributed by atoms with E-state index in [1.165, 1.54) is 4.31 Å². The highest BCUT2D eigenvalue weighted by atomic mass is 32.2. The van der Waals surface area contributed by atoms with E-state index in [1.807, 2.05) is 65.0 Å². The summed E-state index contributed by atoms with van der Waals surface area (Å²) in [6, 6.07) is 9.67. The van der Waals surface area contributed by atoms with Crippen LogP contribution >= 0.6 is 0 Å². The Kier molecular flexibility index (Phi) is 5.74. The summed E-state index contributed by atoms with van der Waals surface area (Å²) >= 11 is 0. The zero-order valence-corrected chi connectivity index (χ0v) is 17.0. The molecule has 0 bridgehead atoms. The summed E-state index contributed by atoms with van der Waals surface area (Å²) in [5, 5.41) is 4.45. The minimum atomic E-state index is -3.66. The van der Waals surface area contributed by atoms with Gasteiger partial charge in [0, 0.05) is 13.1 Å². The number of sulfonamides is 1. The van der Waals surface area contributed by atoms with Crippen LogP contribution in [0.15, 0.2) is 35.2 Å². The van der Waals surface area contributed by atoms with Crippen molar-refractivity contribution in [2.24, 2.45) is 5.92 Å². The monoisotopic (exact) mass is 363 g/mol. The van der Waals surface area contributed by atoms with E-state index in [1.54, 1.807) is 18.7 Å². The van der Waals surface area contributed by atoms with Crippen LogP contribution in [0, 0.1) is 19.8 Å². The Balaban J connectivity index is 2.55. The third kappa shape index (κ3) is 3.65. The molecular formula is C19H29N3O2S. The van der Waals surface area contributed by atoms with Crippen LogP contribution in [0.3, 0.4) is 0 Å². The van der Waals surface area contributed by atoms with Crippen LogP contribution in [0.5, 0.6) is 0 Å². The molecule has 0 saturated heterocycles. The molecule has 25 heavy (non-hydrogen) atoms. The number of hydrogen-bond acceptors (Lipinski definition) is 3. The molecule has 0 spiro atoms. The van der Waals surface area contributed by atoms with Crippen LogP contribution in [0.25, 0.3) is 0 Å². The molecule has 1 aromatic heterocycles. The van der Waals surface area contributed by atoms with Crippen LogP contribution in [0.1, 0.15) is 56.7 Å². The minimum Gasteiger partial charge on any atom is -0.266 e. The average Bonchev–Trinajstić information content (AvgIpc) is 2.83. The highest BCUT2D eigenvalue weighted by Gasteiger charge is 2.35. The second kappa shape index (κ2) is 7.30. The Hall–Kier alpha value is -1.66. The molecule has 0 fully saturated rings. The van der Waals surface area contributed by atoms with E-state index in [9.17, 15) is 8.42 Å². The van der Waals surface area contributed by atoms with Gasteiger partial charge in [0.25, 0.3) is 0 Å². The summed E-state index contributed by atoms with van der Waals surface area (Å²) in [4.78, 5) is 0.324. The second-order valence-corrected chi connectivity index (χ2v) is 9.09. The third-order valence-corrected chi connectivity index (χ3v) is 6.64. The van der Waals surface area contributed by atoms with Gasteiger partial charge in [0.05, 0.1) is 17.4 Å². The Labute approximate surface area is 151 Å². The summed E-state index contributed by atoms with van der Waals surface area (Å²) in [5.74, 6) is 0.142. The maximum atomic E-state index is 13.4. The predicted octanol–water partition coefficient (Wildman–Crippen LogP) is 4.10. The zero-order chi connectivity index (χ0) is 18.9. The molecule has 0 aliphatic rings. The van der Waals surface area contributed by atoms with Gasteiger partial charge in [-0.3, -0.25) is 4.68 Å². The Morgan fingerprint density at radius 1 is 1.04 bits per heavy atom. The largest absolute Gasteiger partial charge is 0.266 e. The van der Waals surface area contributed by atoms with Crippen LogP contribution in [0.2, 0.25) is 0 Å². The van der Waals surface area contributed by atoms with E-state index in [0.717, 1.165) is 5.56 Å². The van der Waals surface area contributed by atoms with Crippen molar-refractivity contribution >= 4 is 10.0 Å². The van der Waals surface area contributed by atoms with Crippen molar-refractivity contribution in [3.05, 3.63) is 47.3 Å². The molecule has 0 radical (unpaired) electrons. The van der Waals surface area contributed by atoms with E-state index >= 15 is 0 Å². The van der Waals surface area contributed by atoms with Gasteiger partial charge in [0.1, 0.15) is 4.90 Å². The Morgan fingerprint density at radius 2 is 1.60 bits per heavy atom. The van der Waals surface area contributed by atoms with Crippen LogP contribution in [0.4, 0.5) is 0 Å². The highest BCUT2D eigenvalue weighted by Crippen LogP contribution is 2.34. The molecule has 0 saturated carbocycles. The first kappa shape index (κ1) is 19.7. The summed E-state index contributed by atoms with van der Waals surface area (Å²) in [6.45, 7) is 11.7. The lowest BCUT2D eigenvalue weighted by Gasteiger charge is -2.31. The quantitative estimate of drug-likeness (QED) is 0.776. The Morgan fingerprint density at radius 3 is 2.04 bits per heavy atom. The molecule has 138 valence electrons. The average molecular weight is 364 g/mol. The normalized spacial score (nSPS) is 13.8. The number of benzene rings is 1. The smallest absolute Gasteiger partial charge is 0.247 e. The van der Waals surface area contributed by atoms with Gasteiger partial charge in [-0.05, 0) is 39.2 Å². The van der Waals surface area contributed by atoms with Crippen molar-refractivity contribution < 1.29 is 8.42 Å². The standard InChI is InChI=1S/C19H29N3O2S/c1-13(2)18(17-11-9-8-10-12-17)21(7)25(23,24)19-15(5)20-22(14(3)4)16(19)6/h8-14,18H,1-7H3. The molecule has 0 aliphatic carbocycles. The van der Waals surface area contributed by atoms with Gasteiger partial charge in [-0.25, -0.2) is 8.42 Å². The van der Waals surface area contributed by atoms with Gasteiger partial charge < -0.3 is 0 Å². The molecule has 2 rings (SSSR count). The van der Waals surface area contributed by atoms with Crippen LogP contribution < -0.4 is 0 Å². The summed E-state index contributed by atoms with van der Waals surface area (Å²) < 4.78 is 30.1. The van der Waals surface area contributed by atoms with E-state index in [4.69, 9.17) is 0 Å². The van der Waals surface area contributed by atoms with Crippen LogP contribution in [-0.4, -0.2) is 29.6 Å². The lowest BCUT2D eigenvalue weighted by molar-refractivity contribution is 0.300. The lowest BCUT2D eigenvalue weighted by atomic mass is 9.96. The van der Waals surface area contributed by atoms with Gasteiger partial charge >= 0.3 is 0 Å². The molecule has 2 aromatic rings. The molecule has 0 N–H and O–H groups in total. The zero-order valence-electron chi connectivity index (χ0n) is 16.2. The second-order valence-electron chi connectivity index (χ2n) is 7.16. The fraction of sp³-hybridized carbons (Fsp3) is 0.526. The number of nitrogens with zero attached hydrogens (tertiary/aromatic N) is 3. The van der Waals surface area contributed by atoms with E-state index in [2.05, 4.69) is 5.10 Å². The molecule has 1 aromatic carbocycles. The van der Waals surface area contributed by atoms with Gasteiger partial charge in [0.15, 0.2) is 0 Å². The maximum absolute atomic E-state index is 13.4. The van der Waals surface area contributed by atoms with Crippen molar-refractivity contribution in [1.29, 1.82) is 0 Å². The fourth-order valence-corrected chi connectivity index (χ4v) is 5.32. The van der Waals surface area contributed by atoms with E-state index in [0.29, 0.717) is 16.3 Å². The summed E-state index contributed by atoms with van der Waals surface area (Å²) in [6.07, 6.45) is 0. The number of rotatable bonds is 6. The maximum Gasteiger partial charge on any atom is 0.247 e. The Bertz CT molecular complexity index is 824. The minimum absolute atomic E-state index is 0.114. The van der Waals surface area contributed by atoms with Gasteiger partial charge in [-0.15, -0.1) is 0 Å². The first-order valence-corrected chi connectivity index (χ1v) is 10.1. The number of aryl methyl sites for hydroxylation is 1. The predicted molar refractivity (Wildman–Crippen MR) is 101 cm³/mol. The van der Waals surface area contributed by atoms with Crippen molar-refractivity contribution in [1.82, 2.24) is 14.1 Å². The van der Waals surface area contributed by atoms with E-state index in [-0.39, 0.29) is 18.0 Å². The van der Waals surface area contributed by atoms with Crippen molar-refractivity contribution in [3.63, 3.8) is 0 Å². The molecule has 6 heteroatoms. The van der Waals surface area contributed by atoms with Gasteiger partial charge in [-0.1, -0.05) is 44.2 Å². The number of aromatic nitrogens is 2. The van der Waals surface area contributed by atoms with Crippen molar-refractivity contribution in [2.45, 2.75) is 58.5 Å². The summed E-state index contributed by atoms with van der Waals surface area (Å²) in [5.41, 5.74) is 2.23. The first-order valence-electron chi connectivity index (χ1n) is 8.67. The molecule has 5 nitrogen and oxygen atoms in total. The van der Waals surface area contributed by atoms with Crippen LogP contribution in [-0.2, 0) is 10.0 Å². The molecule has 0 amide bonds. The lowest BCUT2D eigenvalue weighted by Crippen LogP contribution is -2.34.